The molecule has 3 aromatic rings. The van der Waals surface area contributed by atoms with Gasteiger partial charge in [-0.15, -0.1) is 0 Å². The Hall–Kier alpha value is -2.85. The van der Waals surface area contributed by atoms with E-state index in [0.29, 0.717) is 10.6 Å². The van der Waals surface area contributed by atoms with Crippen molar-refractivity contribution in [3.63, 3.8) is 0 Å². The van der Waals surface area contributed by atoms with Gasteiger partial charge in [-0.2, -0.15) is 0 Å². The summed E-state index contributed by atoms with van der Waals surface area (Å²) >= 11 is 6.25. The van der Waals surface area contributed by atoms with E-state index in [2.05, 4.69) is 10.3 Å². The van der Waals surface area contributed by atoms with Crippen LogP contribution in [0, 0.1) is 6.92 Å². The number of hydrogen-bond acceptors (Lipinski definition) is 3. The predicted octanol–water partition coefficient (Wildman–Crippen LogP) is 4.81. The van der Waals surface area contributed by atoms with Crippen LogP contribution in [0.3, 0.4) is 0 Å². The lowest BCUT2D eigenvalue weighted by molar-refractivity contribution is 0.0993. The minimum absolute atomic E-state index is 0.0409. The first-order valence-corrected chi connectivity index (χ1v) is 8.39. The maximum atomic E-state index is 13.0. The zero-order chi connectivity index (χ0) is 17.4. The number of benzene rings is 2. The Morgan fingerprint density at radius 3 is 2.72 bits per heavy atom. The minimum Gasteiger partial charge on any atom is -0.361 e. The molecule has 1 aliphatic rings. The number of amides is 1. The molecule has 0 unspecified atom stereocenters. The highest BCUT2D eigenvalue weighted by molar-refractivity contribution is 6.31. The molecule has 0 spiro atoms. The number of fused-ring (bicyclic) bond motifs is 1. The fraction of sp³-hybridized carbons (Fsp3) is 0.100. The first kappa shape index (κ1) is 15.7. The molecule has 0 aliphatic carbocycles. The Kier molecular flexibility index (Phi) is 3.90. The minimum atomic E-state index is -0.315. The average molecular weight is 350 g/mol. The number of aromatic nitrogens is 1. The summed E-state index contributed by atoms with van der Waals surface area (Å²) in [6, 6.07) is 17.1. The van der Waals surface area contributed by atoms with Gasteiger partial charge in [0.2, 0.25) is 0 Å². The van der Waals surface area contributed by atoms with Crippen LogP contribution in [0.15, 0.2) is 67.0 Å². The van der Waals surface area contributed by atoms with E-state index in [1.165, 1.54) is 0 Å². The van der Waals surface area contributed by atoms with Gasteiger partial charge in [-0.1, -0.05) is 35.9 Å². The molecule has 1 aromatic heterocycles. The van der Waals surface area contributed by atoms with Crippen molar-refractivity contribution < 1.29 is 4.79 Å². The maximum absolute atomic E-state index is 13.0. The number of carbonyl (C=O) groups is 1. The summed E-state index contributed by atoms with van der Waals surface area (Å²) in [5, 5.41) is 4.17. The number of pyridine rings is 1. The molecular weight excluding hydrogens is 334 g/mol. The molecule has 124 valence electrons. The van der Waals surface area contributed by atoms with Gasteiger partial charge in [0, 0.05) is 28.0 Å². The number of rotatable bonds is 3. The monoisotopic (exact) mass is 349 g/mol. The lowest BCUT2D eigenvalue weighted by Crippen LogP contribution is -2.32. The van der Waals surface area contributed by atoms with Crippen molar-refractivity contribution in [2.45, 2.75) is 13.1 Å². The van der Waals surface area contributed by atoms with Gasteiger partial charge in [0.05, 0.1) is 11.9 Å². The van der Waals surface area contributed by atoms with Crippen LogP contribution in [0.5, 0.6) is 0 Å². The van der Waals surface area contributed by atoms with E-state index in [0.717, 1.165) is 22.5 Å². The summed E-state index contributed by atoms with van der Waals surface area (Å²) in [5.41, 5.74) is 4.24. The lowest BCUT2D eigenvalue weighted by Gasteiger charge is -2.27. The molecule has 25 heavy (non-hydrogen) atoms. The zero-order valence-corrected chi connectivity index (χ0v) is 14.4. The second kappa shape index (κ2) is 6.22. The summed E-state index contributed by atoms with van der Waals surface area (Å²) in [6.45, 7) is 1.96. The third kappa shape index (κ3) is 2.65. The van der Waals surface area contributed by atoms with Crippen LogP contribution in [0.1, 0.15) is 27.7 Å². The van der Waals surface area contributed by atoms with Crippen molar-refractivity contribution in [1.29, 1.82) is 0 Å². The molecule has 2 heterocycles. The van der Waals surface area contributed by atoms with Crippen molar-refractivity contribution in [2.75, 3.05) is 10.2 Å². The lowest BCUT2D eigenvalue weighted by atomic mass is 10.1. The second-order valence-electron chi connectivity index (χ2n) is 5.93. The number of nitrogens with one attached hydrogen (secondary N) is 1. The van der Waals surface area contributed by atoms with E-state index < -0.39 is 0 Å². The Morgan fingerprint density at radius 2 is 1.92 bits per heavy atom. The fourth-order valence-corrected chi connectivity index (χ4v) is 3.31. The van der Waals surface area contributed by atoms with E-state index in [1.54, 1.807) is 17.3 Å². The van der Waals surface area contributed by atoms with Crippen LogP contribution in [0.4, 0.5) is 11.4 Å². The van der Waals surface area contributed by atoms with Crippen LogP contribution in [-0.4, -0.2) is 10.9 Å². The third-order valence-corrected chi connectivity index (χ3v) is 4.86. The normalized spacial score (nSPS) is 16.0. The Morgan fingerprint density at radius 1 is 1.08 bits per heavy atom. The smallest absolute Gasteiger partial charge is 0.260 e. The topological polar surface area (TPSA) is 45.2 Å². The number of hydrogen-bond donors (Lipinski definition) is 1. The Labute approximate surface area is 151 Å². The molecule has 4 nitrogen and oxygen atoms in total. The largest absolute Gasteiger partial charge is 0.361 e. The summed E-state index contributed by atoms with van der Waals surface area (Å²) in [4.78, 5) is 18.9. The van der Waals surface area contributed by atoms with Gasteiger partial charge in [-0.05, 0) is 42.8 Å². The molecule has 0 saturated heterocycles. The summed E-state index contributed by atoms with van der Waals surface area (Å²) in [5.74, 6) is -0.0409. The van der Waals surface area contributed by atoms with Crippen LogP contribution >= 0.6 is 11.6 Å². The number of halogens is 1. The molecular formula is C20H16ClN3O. The number of anilines is 2. The SMILES string of the molecule is Cc1c(Cl)cccc1N[C@H]1c2ccccc2C(=O)N1c1cccnc1. The van der Waals surface area contributed by atoms with E-state index in [4.69, 9.17) is 11.6 Å². The van der Waals surface area contributed by atoms with Gasteiger partial charge < -0.3 is 5.32 Å². The molecule has 1 atom stereocenters. The highest BCUT2D eigenvalue weighted by Crippen LogP contribution is 2.38. The molecule has 0 radical (unpaired) electrons. The van der Waals surface area contributed by atoms with Gasteiger partial charge >= 0.3 is 0 Å². The van der Waals surface area contributed by atoms with Crippen molar-refractivity contribution in [3.05, 3.63) is 88.7 Å². The molecule has 1 amide bonds. The van der Waals surface area contributed by atoms with Gasteiger partial charge in [0.15, 0.2) is 0 Å². The van der Waals surface area contributed by atoms with E-state index in [1.807, 2.05) is 61.5 Å². The second-order valence-corrected chi connectivity index (χ2v) is 6.34. The average Bonchev–Trinajstić information content (AvgIpc) is 2.92. The molecule has 1 aliphatic heterocycles. The zero-order valence-electron chi connectivity index (χ0n) is 13.6. The molecule has 0 bridgehead atoms. The van der Waals surface area contributed by atoms with Gasteiger partial charge in [0.1, 0.15) is 6.17 Å². The third-order valence-electron chi connectivity index (χ3n) is 4.45. The van der Waals surface area contributed by atoms with Gasteiger partial charge in [0.25, 0.3) is 5.91 Å². The number of nitrogens with zero attached hydrogens (tertiary/aromatic N) is 2. The van der Waals surface area contributed by atoms with Gasteiger partial charge in [-0.3, -0.25) is 14.7 Å². The first-order valence-electron chi connectivity index (χ1n) is 8.01. The number of carbonyl (C=O) groups excluding carboxylic acids is 1. The van der Waals surface area contributed by atoms with E-state index in [-0.39, 0.29) is 12.1 Å². The quantitative estimate of drug-likeness (QED) is 0.737. The van der Waals surface area contributed by atoms with Gasteiger partial charge in [-0.25, -0.2) is 0 Å². The van der Waals surface area contributed by atoms with Crippen LogP contribution in [0.2, 0.25) is 5.02 Å². The van der Waals surface area contributed by atoms with Crippen molar-refractivity contribution in [1.82, 2.24) is 4.98 Å². The van der Waals surface area contributed by atoms with Crippen molar-refractivity contribution >= 4 is 28.9 Å². The van der Waals surface area contributed by atoms with Crippen molar-refractivity contribution in [3.8, 4) is 0 Å². The molecule has 4 rings (SSSR count). The molecule has 1 N–H and O–H groups in total. The molecule has 0 saturated carbocycles. The molecule has 5 heteroatoms. The predicted molar refractivity (Wildman–Crippen MR) is 100 cm³/mol. The highest BCUT2D eigenvalue weighted by atomic mass is 35.5. The van der Waals surface area contributed by atoms with Crippen LogP contribution in [0.25, 0.3) is 0 Å². The van der Waals surface area contributed by atoms with E-state index >= 15 is 0 Å². The maximum Gasteiger partial charge on any atom is 0.260 e. The Balaban J connectivity index is 1.81. The summed E-state index contributed by atoms with van der Waals surface area (Å²) in [6.07, 6.45) is 3.08. The summed E-state index contributed by atoms with van der Waals surface area (Å²) in [7, 11) is 0. The van der Waals surface area contributed by atoms with Crippen LogP contribution in [-0.2, 0) is 0 Å². The van der Waals surface area contributed by atoms with E-state index in [9.17, 15) is 4.79 Å². The molecule has 0 fully saturated rings. The molecule has 2 aromatic carbocycles. The highest BCUT2D eigenvalue weighted by Gasteiger charge is 2.37. The Bertz CT molecular complexity index is 943. The standard InChI is InChI=1S/C20H16ClN3O/c1-13-17(21)9-4-10-18(13)23-19-15-7-2-3-8-16(15)20(25)24(19)14-6-5-11-22-12-14/h2-12,19,23H,1H3/t19-/m1/s1. The fourth-order valence-electron chi connectivity index (χ4n) is 3.13. The summed E-state index contributed by atoms with van der Waals surface area (Å²) < 4.78 is 0. The first-order chi connectivity index (χ1) is 12.2. The van der Waals surface area contributed by atoms with Crippen molar-refractivity contribution in [2.24, 2.45) is 0 Å². The van der Waals surface area contributed by atoms with Crippen LogP contribution < -0.4 is 10.2 Å².